The van der Waals surface area contributed by atoms with Crippen LogP contribution in [0.3, 0.4) is 0 Å². The van der Waals surface area contributed by atoms with Crippen molar-refractivity contribution in [1.82, 2.24) is 4.90 Å². The summed E-state index contributed by atoms with van der Waals surface area (Å²) in [6.45, 7) is 5.36. The Bertz CT molecular complexity index is 437. The van der Waals surface area contributed by atoms with Crippen LogP contribution >= 0.6 is 11.8 Å². The average Bonchev–Trinajstić information content (AvgIpc) is 2.83. The van der Waals surface area contributed by atoms with Gasteiger partial charge >= 0.3 is 5.97 Å². The van der Waals surface area contributed by atoms with E-state index >= 15 is 0 Å². The SMILES string of the molecule is C=C1C=C/C(N2CC[C@@H](C(=O)O)C2)=C\CS/C=C\1. The van der Waals surface area contributed by atoms with Gasteiger partial charge in [0.1, 0.15) is 0 Å². The van der Waals surface area contributed by atoms with E-state index in [4.69, 9.17) is 5.11 Å². The van der Waals surface area contributed by atoms with Crippen molar-refractivity contribution in [1.29, 1.82) is 0 Å². The highest BCUT2D eigenvalue weighted by atomic mass is 32.2. The van der Waals surface area contributed by atoms with E-state index in [1.54, 1.807) is 11.8 Å². The molecule has 0 amide bonds. The Kier molecular flexibility index (Phi) is 4.31. The van der Waals surface area contributed by atoms with Gasteiger partial charge in [0.2, 0.25) is 0 Å². The van der Waals surface area contributed by atoms with Gasteiger partial charge in [0.15, 0.2) is 0 Å². The van der Waals surface area contributed by atoms with E-state index in [0.29, 0.717) is 6.54 Å². The molecule has 1 N–H and O–H groups in total. The van der Waals surface area contributed by atoms with Crippen LogP contribution in [0.15, 0.2) is 47.6 Å². The summed E-state index contributed by atoms with van der Waals surface area (Å²) in [5.41, 5.74) is 2.07. The van der Waals surface area contributed by atoms with E-state index in [1.807, 2.05) is 23.6 Å². The molecular formula is C14H17NO2S. The lowest BCUT2D eigenvalue weighted by Crippen LogP contribution is -2.22. The second kappa shape index (κ2) is 5.96. The first-order chi connectivity index (χ1) is 8.66. The summed E-state index contributed by atoms with van der Waals surface area (Å²) < 4.78 is 0. The molecule has 0 aliphatic carbocycles. The normalized spacial score (nSPS) is 29.1. The summed E-state index contributed by atoms with van der Waals surface area (Å²) in [5.74, 6) is -0.0240. The minimum absolute atomic E-state index is 0.235. The molecule has 3 nitrogen and oxygen atoms in total. The van der Waals surface area contributed by atoms with Crippen molar-refractivity contribution >= 4 is 17.7 Å². The molecule has 0 aromatic rings. The summed E-state index contributed by atoms with van der Waals surface area (Å²) in [7, 11) is 0. The van der Waals surface area contributed by atoms with Gasteiger partial charge in [-0.15, -0.1) is 11.8 Å². The van der Waals surface area contributed by atoms with Gasteiger partial charge in [-0.05, 0) is 29.6 Å². The molecule has 0 aromatic carbocycles. The second-order valence-electron chi connectivity index (χ2n) is 4.44. The second-order valence-corrected chi connectivity index (χ2v) is 5.38. The molecule has 1 atom stereocenters. The topological polar surface area (TPSA) is 40.5 Å². The van der Waals surface area contributed by atoms with E-state index < -0.39 is 5.97 Å². The first-order valence-electron chi connectivity index (χ1n) is 6.00. The zero-order valence-electron chi connectivity index (χ0n) is 10.2. The summed E-state index contributed by atoms with van der Waals surface area (Å²) in [6, 6.07) is 0. The molecule has 1 saturated heterocycles. The number of likely N-dealkylation sites (tertiary alicyclic amines) is 1. The smallest absolute Gasteiger partial charge is 0.308 e. The number of aliphatic carboxylic acids is 1. The molecule has 0 radical (unpaired) electrons. The number of carboxylic acid groups (broad SMARTS) is 1. The van der Waals surface area contributed by atoms with Crippen molar-refractivity contribution < 1.29 is 9.90 Å². The molecule has 1 fully saturated rings. The van der Waals surface area contributed by atoms with Crippen molar-refractivity contribution in [2.24, 2.45) is 5.92 Å². The van der Waals surface area contributed by atoms with Crippen molar-refractivity contribution in [3.8, 4) is 0 Å². The molecule has 0 aromatic heterocycles. The summed E-state index contributed by atoms with van der Waals surface area (Å²) in [5, 5.41) is 11.1. The lowest BCUT2D eigenvalue weighted by Gasteiger charge is -2.19. The van der Waals surface area contributed by atoms with Gasteiger partial charge in [-0.2, -0.15) is 0 Å². The van der Waals surface area contributed by atoms with Gasteiger partial charge in [-0.25, -0.2) is 0 Å². The first kappa shape index (κ1) is 13.0. The van der Waals surface area contributed by atoms with Gasteiger partial charge in [0, 0.05) is 24.5 Å². The Morgan fingerprint density at radius 2 is 2.28 bits per heavy atom. The number of hydrogen-bond donors (Lipinski definition) is 1. The van der Waals surface area contributed by atoms with Crippen LogP contribution in [0.5, 0.6) is 0 Å². The Hall–Kier alpha value is -1.42. The first-order valence-corrected chi connectivity index (χ1v) is 7.05. The molecule has 0 bridgehead atoms. The fourth-order valence-corrected chi connectivity index (χ4v) is 2.72. The van der Waals surface area contributed by atoms with Gasteiger partial charge in [-0.3, -0.25) is 4.79 Å². The quantitative estimate of drug-likeness (QED) is 0.831. The van der Waals surface area contributed by atoms with Gasteiger partial charge in [0.05, 0.1) is 5.92 Å². The molecule has 2 aliphatic heterocycles. The van der Waals surface area contributed by atoms with Crippen LogP contribution < -0.4 is 0 Å². The maximum absolute atomic E-state index is 11.0. The number of rotatable bonds is 2. The lowest BCUT2D eigenvalue weighted by atomic mass is 10.1. The van der Waals surface area contributed by atoms with E-state index in [-0.39, 0.29) is 5.92 Å². The highest BCUT2D eigenvalue weighted by Crippen LogP contribution is 2.23. The number of hydrogen-bond acceptors (Lipinski definition) is 3. The molecule has 96 valence electrons. The van der Waals surface area contributed by atoms with Crippen molar-refractivity contribution in [3.05, 3.63) is 47.6 Å². The van der Waals surface area contributed by atoms with E-state index in [0.717, 1.165) is 30.0 Å². The minimum Gasteiger partial charge on any atom is -0.481 e. The maximum Gasteiger partial charge on any atom is 0.308 e. The van der Waals surface area contributed by atoms with E-state index in [9.17, 15) is 4.79 Å². The van der Waals surface area contributed by atoms with Gasteiger partial charge < -0.3 is 10.0 Å². The van der Waals surface area contributed by atoms with Crippen LogP contribution in [0.2, 0.25) is 0 Å². The van der Waals surface area contributed by atoms with Crippen LogP contribution in [-0.2, 0) is 4.79 Å². The third kappa shape index (κ3) is 3.29. The van der Waals surface area contributed by atoms with E-state index in [1.165, 1.54) is 0 Å². The number of nitrogens with zero attached hydrogens (tertiary/aromatic N) is 1. The van der Waals surface area contributed by atoms with Gasteiger partial charge in [-0.1, -0.05) is 18.7 Å². The third-order valence-corrected chi connectivity index (χ3v) is 3.83. The highest BCUT2D eigenvalue weighted by Gasteiger charge is 2.28. The van der Waals surface area contributed by atoms with Crippen LogP contribution in [0.1, 0.15) is 6.42 Å². The van der Waals surface area contributed by atoms with Crippen molar-refractivity contribution in [2.45, 2.75) is 6.42 Å². The Morgan fingerprint density at radius 3 is 3.00 bits per heavy atom. The predicted octanol–water partition coefficient (Wildman–Crippen LogP) is 2.65. The zero-order chi connectivity index (χ0) is 13.0. The zero-order valence-corrected chi connectivity index (χ0v) is 11.0. The van der Waals surface area contributed by atoms with Crippen molar-refractivity contribution in [2.75, 3.05) is 18.8 Å². The standard InChI is InChI=1S/C14H17NO2S/c1-11-2-3-13(6-9-18-8-5-11)15-7-4-12(10-15)14(16)17/h2-3,5-6,8,12H,1,4,7,9-10H2,(H,16,17)/b3-2?,8-5-,13-6+/t12-/m1/s1. The molecule has 4 heteroatoms. The number of carbonyl (C=O) groups is 1. The van der Waals surface area contributed by atoms with Gasteiger partial charge in [0.25, 0.3) is 0 Å². The predicted molar refractivity (Wildman–Crippen MR) is 75.3 cm³/mol. The molecule has 0 spiro atoms. The average molecular weight is 263 g/mol. The fraction of sp³-hybridized carbons (Fsp3) is 0.357. The van der Waals surface area contributed by atoms with Crippen LogP contribution in [0, 0.1) is 5.92 Å². The molecule has 0 unspecified atom stereocenters. The maximum atomic E-state index is 11.0. The van der Waals surface area contributed by atoms with E-state index in [2.05, 4.69) is 17.6 Å². The number of carboxylic acids is 1. The fourth-order valence-electron chi connectivity index (χ4n) is 2.07. The molecule has 0 saturated carbocycles. The third-order valence-electron chi connectivity index (χ3n) is 3.14. The molecular weight excluding hydrogens is 246 g/mol. The monoisotopic (exact) mass is 263 g/mol. The summed E-state index contributed by atoms with van der Waals surface area (Å²) in [6.07, 6.45) is 8.87. The molecule has 18 heavy (non-hydrogen) atoms. The minimum atomic E-state index is -0.689. The summed E-state index contributed by atoms with van der Waals surface area (Å²) in [4.78, 5) is 13.1. The summed E-state index contributed by atoms with van der Waals surface area (Å²) >= 11 is 1.72. The lowest BCUT2D eigenvalue weighted by molar-refractivity contribution is -0.141. The Balaban J connectivity index is 2.08. The van der Waals surface area contributed by atoms with Crippen LogP contribution in [0.25, 0.3) is 0 Å². The number of thioether (sulfide) groups is 1. The molecule has 2 heterocycles. The highest BCUT2D eigenvalue weighted by molar-refractivity contribution is 8.02. The molecule has 2 rings (SSSR count). The largest absolute Gasteiger partial charge is 0.481 e. The number of allylic oxidation sites excluding steroid dienone is 4. The molecule has 2 aliphatic rings. The van der Waals surface area contributed by atoms with Crippen molar-refractivity contribution in [3.63, 3.8) is 0 Å². The Morgan fingerprint density at radius 1 is 1.44 bits per heavy atom. The Labute approximate surface area is 112 Å². The van der Waals surface area contributed by atoms with Crippen LogP contribution in [-0.4, -0.2) is 34.8 Å². The van der Waals surface area contributed by atoms with Crippen LogP contribution in [0.4, 0.5) is 0 Å².